The van der Waals surface area contributed by atoms with Gasteiger partial charge in [0.05, 0.1) is 19.4 Å². The molecule has 0 radical (unpaired) electrons. The number of amides is 1. The van der Waals surface area contributed by atoms with Crippen molar-refractivity contribution in [1.82, 2.24) is 20.4 Å². The molecule has 0 bridgehead atoms. The van der Waals surface area contributed by atoms with Crippen LogP contribution in [-0.4, -0.2) is 41.5 Å². The minimum absolute atomic E-state index is 0.0245. The third-order valence-corrected chi connectivity index (χ3v) is 2.46. The molecule has 1 aromatic rings. The predicted octanol–water partition coefficient (Wildman–Crippen LogP) is -0.975. The van der Waals surface area contributed by atoms with Gasteiger partial charge in [-0.3, -0.25) is 9.48 Å². The Balaban J connectivity index is 1.78. The van der Waals surface area contributed by atoms with E-state index in [9.17, 15) is 4.79 Å². The second-order valence-corrected chi connectivity index (χ2v) is 3.82. The zero-order valence-electron chi connectivity index (χ0n) is 9.27. The van der Waals surface area contributed by atoms with E-state index in [1.807, 2.05) is 13.2 Å². The molecule has 0 spiro atoms. The fourth-order valence-corrected chi connectivity index (χ4v) is 1.61. The van der Waals surface area contributed by atoms with Crippen LogP contribution in [0.15, 0.2) is 12.4 Å². The predicted molar refractivity (Wildman–Crippen MR) is 57.7 cm³/mol. The van der Waals surface area contributed by atoms with Crippen LogP contribution in [0.5, 0.6) is 0 Å². The summed E-state index contributed by atoms with van der Waals surface area (Å²) in [6.45, 7) is 2.35. The maximum atomic E-state index is 11.7. The molecule has 16 heavy (non-hydrogen) atoms. The van der Waals surface area contributed by atoms with Crippen LogP contribution < -0.4 is 10.6 Å². The molecule has 88 valence electrons. The van der Waals surface area contributed by atoms with Crippen molar-refractivity contribution in [1.29, 1.82) is 0 Å². The molecule has 1 aliphatic rings. The van der Waals surface area contributed by atoms with Gasteiger partial charge >= 0.3 is 0 Å². The van der Waals surface area contributed by atoms with Crippen LogP contribution >= 0.6 is 0 Å². The number of rotatable bonds is 3. The van der Waals surface area contributed by atoms with Crippen molar-refractivity contribution in [3.63, 3.8) is 0 Å². The van der Waals surface area contributed by atoms with E-state index >= 15 is 0 Å². The first kappa shape index (κ1) is 11.1. The lowest BCUT2D eigenvalue weighted by Gasteiger charge is -2.22. The fraction of sp³-hybridized carbons (Fsp3) is 0.600. The third-order valence-electron chi connectivity index (χ3n) is 2.46. The topological polar surface area (TPSA) is 68.2 Å². The van der Waals surface area contributed by atoms with E-state index < -0.39 is 0 Å². The Bertz CT molecular complexity index is 357. The van der Waals surface area contributed by atoms with Crippen molar-refractivity contribution in [3.05, 3.63) is 18.0 Å². The molecule has 1 aliphatic heterocycles. The van der Waals surface area contributed by atoms with E-state index in [1.54, 1.807) is 10.9 Å². The first-order valence-electron chi connectivity index (χ1n) is 5.32. The van der Waals surface area contributed by atoms with Crippen molar-refractivity contribution in [2.45, 2.75) is 12.6 Å². The van der Waals surface area contributed by atoms with Crippen LogP contribution in [0.1, 0.15) is 5.56 Å². The van der Waals surface area contributed by atoms with Gasteiger partial charge in [-0.15, -0.1) is 0 Å². The van der Waals surface area contributed by atoms with Gasteiger partial charge < -0.3 is 15.4 Å². The molecule has 6 nitrogen and oxygen atoms in total. The Morgan fingerprint density at radius 1 is 1.81 bits per heavy atom. The molecule has 1 saturated heterocycles. The first-order valence-corrected chi connectivity index (χ1v) is 5.32. The molecule has 1 amide bonds. The summed E-state index contributed by atoms with van der Waals surface area (Å²) in [5.41, 5.74) is 0.993. The lowest BCUT2D eigenvalue weighted by Crippen LogP contribution is -2.51. The Hall–Kier alpha value is -1.40. The number of hydrogen-bond acceptors (Lipinski definition) is 4. The van der Waals surface area contributed by atoms with E-state index in [2.05, 4.69) is 15.7 Å². The number of hydrogen-bond donors (Lipinski definition) is 2. The highest BCUT2D eigenvalue weighted by atomic mass is 16.5. The number of aromatic nitrogens is 2. The average Bonchev–Trinajstić information content (AvgIpc) is 2.73. The highest BCUT2D eigenvalue weighted by Gasteiger charge is 2.20. The quantitative estimate of drug-likeness (QED) is 0.693. The van der Waals surface area contributed by atoms with Gasteiger partial charge in [-0.2, -0.15) is 5.10 Å². The number of nitrogens with one attached hydrogen (secondary N) is 2. The summed E-state index contributed by atoms with van der Waals surface area (Å²) in [4.78, 5) is 11.7. The van der Waals surface area contributed by atoms with Crippen LogP contribution in [-0.2, 0) is 23.1 Å². The maximum Gasteiger partial charge on any atom is 0.239 e. The minimum Gasteiger partial charge on any atom is -0.378 e. The maximum absolute atomic E-state index is 11.7. The van der Waals surface area contributed by atoms with Crippen LogP contribution in [0.3, 0.4) is 0 Å². The van der Waals surface area contributed by atoms with Gasteiger partial charge in [0.2, 0.25) is 5.91 Å². The van der Waals surface area contributed by atoms with Gasteiger partial charge in [-0.1, -0.05) is 0 Å². The molecule has 0 aromatic carbocycles. The van der Waals surface area contributed by atoms with Gasteiger partial charge in [0.15, 0.2) is 0 Å². The number of carbonyl (C=O) groups excluding carboxylic acids is 1. The molecule has 2 N–H and O–H groups in total. The Morgan fingerprint density at radius 3 is 3.31 bits per heavy atom. The molecule has 1 aromatic heterocycles. The van der Waals surface area contributed by atoms with Crippen molar-refractivity contribution in [3.8, 4) is 0 Å². The lowest BCUT2D eigenvalue weighted by molar-refractivity contribution is -0.126. The summed E-state index contributed by atoms with van der Waals surface area (Å²) >= 11 is 0. The lowest BCUT2D eigenvalue weighted by atomic mass is 10.2. The van der Waals surface area contributed by atoms with Crippen LogP contribution in [0.4, 0.5) is 0 Å². The molecule has 6 heteroatoms. The Kier molecular flexibility index (Phi) is 3.53. The third kappa shape index (κ3) is 2.80. The second-order valence-electron chi connectivity index (χ2n) is 3.82. The highest BCUT2D eigenvalue weighted by molar-refractivity contribution is 5.81. The monoisotopic (exact) mass is 224 g/mol. The summed E-state index contributed by atoms with van der Waals surface area (Å²) in [6.07, 6.45) is 3.62. The van der Waals surface area contributed by atoms with E-state index in [4.69, 9.17) is 4.74 Å². The van der Waals surface area contributed by atoms with E-state index in [1.165, 1.54) is 0 Å². The number of ether oxygens (including phenoxy) is 1. The van der Waals surface area contributed by atoms with Crippen molar-refractivity contribution in [2.24, 2.45) is 7.05 Å². The fourth-order valence-electron chi connectivity index (χ4n) is 1.61. The number of carbonyl (C=O) groups is 1. The van der Waals surface area contributed by atoms with E-state index in [-0.39, 0.29) is 11.9 Å². The molecule has 1 atom stereocenters. The number of aryl methyl sites for hydroxylation is 1. The van der Waals surface area contributed by atoms with Gasteiger partial charge in [0.25, 0.3) is 0 Å². The molecule has 2 rings (SSSR count). The molecule has 1 unspecified atom stereocenters. The minimum atomic E-state index is -0.231. The molecular formula is C10H16N4O2. The molecule has 0 saturated carbocycles. The number of morpholine rings is 1. The Morgan fingerprint density at radius 2 is 2.69 bits per heavy atom. The SMILES string of the molecule is Cn1cc(CNC(=O)C2COCCN2)cn1. The molecule has 1 fully saturated rings. The normalized spacial score (nSPS) is 20.7. The molecule has 2 heterocycles. The summed E-state index contributed by atoms with van der Waals surface area (Å²) in [7, 11) is 1.85. The van der Waals surface area contributed by atoms with Crippen LogP contribution in [0.25, 0.3) is 0 Å². The zero-order valence-corrected chi connectivity index (χ0v) is 9.27. The molecule has 0 aliphatic carbocycles. The van der Waals surface area contributed by atoms with Gasteiger partial charge in [-0.25, -0.2) is 0 Å². The largest absolute Gasteiger partial charge is 0.378 e. The first-order chi connectivity index (χ1) is 7.75. The van der Waals surface area contributed by atoms with E-state index in [0.717, 1.165) is 12.1 Å². The van der Waals surface area contributed by atoms with Gasteiger partial charge in [0.1, 0.15) is 6.04 Å². The zero-order chi connectivity index (χ0) is 11.4. The van der Waals surface area contributed by atoms with E-state index in [0.29, 0.717) is 19.8 Å². The standard InChI is InChI=1S/C10H16N4O2/c1-14-6-8(5-13-14)4-12-10(15)9-7-16-3-2-11-9/h5-6,9,11H,2-4,7H2,1H3,(H,12,15). The molecular weight excluding hydrogens is 208 g/mol. The van der Waals surface area contributed by atoms with Crippen molar-refractivity contribution < 1.29 is 9.53 Å². The summed E-state index contributed by atoms with van der Waals surface area (Å²) in [5.74, 6) is -0.0245. The van der Waals surface area contributed by atoms with Gasteiger partial charge in [-0.05, 0) is 0 Å². The van der Waals surface area contributed by atoms with Crippen LogP contribution in [0, 0.1) is 0 Å². The van der Waals surface area contributed by atoms with Crippen molar-refractivity contribution >= 4 is 5.91 Å². The Labute approximate surface area is 94.0 Å². The second kappa shape index (κ2) is 5.09. The number of nitrogens with zero attached hydrogens (tertiary/aromatic N) is 2. The highest BCUT2D eigenvalue weighted by Crippen LogP contribution is 1.97. The van der Waals surface area contributed by atoms with Crippen LogP contribution in [0.2, 0.25) is 0 Å². The average molecular weight is 224 g/mol. The van der Waals surface area contributed by atoms with Crippen molar-refractivity contribution in [2.75, 3.05) is 19.8 Å². The van der Waals surface area contributed by atoms with Gasteiger partial charge in [0, 0.05) is 31.9 Å². The summed E-state index contributed by atoms with van der Waals surface area (Å²) in [6, 6.07) is -0.231. The summed E-state index contributed by atoms with van der Waals surface area (Å²) in [5, 5.41) is 9.98. The summed E-state index contributed by atoms with van der Waals surface area (Å²) < 4.78 is 6.93. The smallest absolute Gasteiger partial charge is 0.239 e.